The summed E-state index contributed by atoms with van der Waals surface area (Å²) in [7, 11) is 4.64. The number of carbonyl (C=O) groups is 1. The molecular weight excluding hydrogens is 296 g/mol. The van der Waals surface area contributed by atoms with Crippen molar-refractivity contribution in [3.63, 3.8) is 0 Å². The second-order valence-corrected chi connectivity index (χ2v) is 5.54. The molecule has 124 valence electrons. The monoisotopic (exact) mass is 318 g/mol. The highest BCUT2D eigenvalue weighted by Crippen LogP contribution is 2.28. The number of rotatable bonds is 5. The number of piperidine rings is 1. The van der Waals surface area contributed by atoms with Gasteiger partial charge in [0.15, 0.2) is 6.29 Å². The van der Waals surface area contributed by atoms with E-state index in [0.29, 0.717) is 17.0 Å². The Balaban J connectivity index is 2.14. The minimum Gasteiger partial charge on any atom is -0.465 e. The van der Waals surface area contributed by atoms with Gasteiger partial charge in [0, 0.05) is 38.9 Å². The highest BCUT2D eigenvalue weighted by Gasteiger charge is 2.27. The molecule has 0 aliphatic carbocycles. The Bertz CT molecular complexity index is 585. The molecule has 1 aliphatic heterocycles. The summed E-state index contributed by atoms with van der Waals surface area (Å²) in [6.45, 7) is 1.65. The first-order chi connectivity index (χ1) is 11.1. The van der Waals surface area contributed by atoms with E-state index >= 15 is 0 Å². The van der Waals surface area contributed by atoms with Gasteiger partial charge in [0.2, 0.25) is 0 Å². The Morgan fingerprint density at radius 2 is 1.87 bits per heavy atom. The normalized spacial score (nSPS) is 15.5. The van der Waals surface area contributed by atoms with Crippen LogP contribution in [0.25, 0.3) is 0 Å². The number of nitrogens with zero attached hydrogens (tertiary/aromatic N) is 2. The zero-order chi connectivity index (χ0) is 16.8. The molecule has 6 nitrogen and oxygen atoms in total. The number of hydrogen-bond donors (Lipinski definition) is 0. The number of nitriles is 1. The molecule has 23 heavy (non-hydrogen) atoms. The Morgan fingerprint density at radius 1 is 1.22 bits per heavy atom. The van der Waals surface area contributed by atoms with Crippen LogP contribution in [0.1, 0.15) is 28.8 Å². The standard InChI is InChI=1S/C17H22N2O4/c1-21-16(20)14-8-12(11-18)9-15(10-14)19-6-4-13(5-7-19)17(22-2)23-3/h8-10,13,17H,4-7H2,1-3H3. The molecular formula is C17H22N2O4. The average Bonchev–Trinajstić information content (AvgIpc) is 2.62. The maximum atomic E-state index is 11.8. The summed E-state index contributed by atoms with van der Waals surface area (Å²) in [4.78, 5) is 13.9. The maximum Gasteiger partial charge on any atom is 0.337 e. The van der Waals surface area contributed by atoms with Crippen LogP contribution in [0.2, 0.25) is 0 Å². The Morgan fingerprint density at radius 3 is 2.39 bits per heavy atom. The van der Waals surface area contributed by atoms with Gasteiger partial charge in [-0.15, -0.1) is 0 Å². The molecule has 0 aromatic heterocycles. The minimum atomic E-state index is -0.433. The number of benzene rings is 1. The number of methoxy groups -OCH3 is 3. The van der Waals surface area contributed by atoms with Gasteiger partial charge in [-0.25, -0.2) is 4.79 Å². The first-order valence-corrected chi connectivity index (χ1v) is 7.57. The molecule has 1 saturated heterocycles. The Kier molecular flexibility index (Phi) is 5.97. The van der Waals surface area contributed by atoms with Gasteiger partial charge in [0.05, 0.1) is 24.3 Å². The molecule has 1 aliphatic rings. The van der Waals surface area contributed by atoms with E-state index < -0.39 is 5.97 Å². The molecule has 0 saturated carbocycles. The van der Waals surface area contributed by atoms with Gasteiger partial charge in [0.1, 0.15) is 0 Å². The second-order valence-electron chi connectivity index (χ2n) is 5.54. The topological polar surface area (TPSA) is 71.8 Å². The number of anilines is 1. The molecule has 0 bridgehead atoms. The maximum absolute atomic E-state index is 11.8. The van der Waals surface area contributed by atoms with E-state index in [1.807, 2.05) is 0 Å². The fourth-order valence-corrected chi connectivity index (χ4v) is 3.00. The lowest BCUT2D eigenvalue weighted by atomic mass is 9.95. The van der Waals surface area contributed by atoms with Crippen LogP contribution in [0.5, 0.6) is 0 Å². The molecule has 1 heterocycles. The van der Waals surface area contributed by atoms with Gasteiger partial charge < -0.3 is 19.1 Å². The van der Waals surface area contributed by atoms with E-state index in [0.717, 1.165) is 31.6 Å². The van der Waals surface area contributed by atoms with Gasteiger partial charge in [-0.1, -0.05) is 0 Å². The van der Waals surface area contributed by atoms with E-state index in [1.165, 1.54) is 7.11 Å². The molecule has 0 atom stereocenters. The van der Waals surface area contributed by atoms with Gasteiger partial charge >= 0.3 is 5.97 Å². The molecule has 0 unspecified atom stereocenters. The third-order valence-electron chi connectivity index (χ3n) is 4.22. The van der Waals surface area contributed by atoms with Crippen LogP contribution in [-0.2, 0) is 14.2 Å². The van der Waals surface area contributed by atoms with E-state index in [-0.39, 0.29) is 6.29 Å². The van der Waals surface area contributed by atoms with Crippen molar-refractivity contribution in [1.29, 1.82) is 5.26 Å². The second kappa shape index (κ2) is 7.95. The van der Waals surface area contributed by atoms with E-state index in [4.69, 9.17) is 19.5 Å². The van der Waals surface area contributed by atoms with Crippen LogP contribution in [0.15, 0.2) is 18.2 Å². The SMILES string of the molecule is COC(=O)c1cc(C#N)cc(N2CCC(C(OC)OC)CC2)c1. The lowest BCUT2D eigenvalue weighted by molar-refractivity contribution is -0.141. The summed E-state index contributed by atoms with van der Waals surface area (Å²) in [5.41, 5.74) is 1.72. The fourth-order valence-electron chi connectivity index (χ4n) is 3.00. The molecule has 0 N–H and O–H groups in total. The zero-order valence-electron chi connectivity index (χ0n) is 13.7. The van der Waals surface area contributed by atoms with Gasteiger partial charge in [-0.05, 0) is 31.0 Å². The lowest BCUT2D eigenvalue weighted by Crippen LogP contribution is -2.39. The summed E-state index contributed by atoms with van der Waals surface area (Å²) >= 11 is 0. The Labute approximate surface area is 136 Å². The first kappa shape index (κ1) is 17.3. The van der Waals surface area contributed by atoms with Crippen molar-refractivity contribution in [3.8, 4) is 6.07 Å². The minimum absolute atomic E-state index is 0.187. The molecule has 0 amide bonds. The molecule has 1 fully saturated rings. The third-order valence-corrected chi connectivity index (χ3v) is 4.22. The van der Waals surface area contributed by atoms with Crippen LogP contribution in [0, 0.1) is 17.2 Å². The van der Waals surface area contributed by atoms with Crippen molar-refractivity contribution < 1.29 is 19.0 Å². The van der Waals surface area contributed by atoms with Crippen molar-refractivity contribution >= 4 is 11.7 Å². The number of esters is 1. The third kappa shape index (κ3) is 4.01. The van der Waals surface area contributed by atoms with Crippen LogP contribution in [0.3, 0.4) is 0 Å². The molecule has 0 radical (unpaired) electrons. The number of ether oxygens (including phenoxy) is 3. The van der Waals surface area contributed by atoms with Crippen LogP contribution in [0.4, 0.5) is 5.69 Å². The van der Waals surface area contributed by atoms with Crippen LogP contribution in [-0.4, -0.2) is 46.7 Å². The van der Waals surface area contributed by atoms with Gasteiger partial charge in [0.25, 0.3) is 0 Å². The predicted octanol–water partition coefficient (Wildman–Crippen LogP) is 2.18. The van der Waals surface area contributed by atoms with Crippen molar-refractivity contribution in [2.45, 2.75) is 19.1 Å². The quantitative estimate of drug-likeness (QED) is 0.612. The van der Waals surface area contributed by atoms with E-state index in [2.05, 4.69) is 11.0 Å². The largest absolute Gasteiger partial charge is 0.465 e. The van der Waals surface area contributed by atoms with Crippen molar-refractivity contribution in [2.24, 2.45) is 5.92 Å². The number of hydrogen-bond acceptors (Lipinski definition) is 6. The first-order valence-electron chi connectivity index (χ1n) is 7.57. The molecule has 2 rings (SSSR count). The number of carbonyl (C=O) groups excluding carboxylic acids is 1. The summed E-state index contributed by atoms with van der Waals surface area (Å²) in [5.74, 6) is -0.0856. The molecule has 0 spiro atoms. The van der Waals surface area contributed by atoms with E-state index in [9.17, 15) is 4.79 Å². The predicted molar refractivity (Wildman–Crippen MR) is 85.2 cm³/mol. The zero-order valence-corrected chi connectivity index (χ0v) is 13.7. The smallest absolute Gasteiger partial charge is 0.337 e. The Hall–Kier alpha value is -2.10. The summed E-state index contributed by atoms with van der Waals surface area (Å²) in [6.07, 6.45) is 1.67. The highest BCUT2D eigenvalue weighted by molar-refractivity contribution is 5.91. The van der Waals surface area contributed by atoms with Crippen molar-refractivity contribution in [2.75, 3.05) is 39.3 Å². The summed E-state index contributed by atoms with van der Waals surface area (Å²) < 4.78 is 15.4. The van der Waals surface area contributed by atoms with Crippen molar-refractivity contribution in [1.82, 2.24) is 0 Å². The molecule has 6 heteroatoms. The summed E-state index contributed by atoms with van der Waals surface area (Å²) in [6, 6.07) is 7.22. The molecule has 1 aromatic rings. The van der Waals surface area contributed by atoms with Crippen LogP contribution < -0.4 is 4.90 Å². The summed E-state index contributed by atoms with van der Waals surface area (Å²) in [5, 5.41) is 9.16. The lowest BCUT2D eigenvalue weighted by Gasteiger charge is -2.36. The van der Waals surface area contributed by atoms with Crippen LogP contribution >= 0.6 is 0 Å². The fraction of sp³-hybridized carbons (Fsp3) is 0.529. The van der Waals surface area contributed by atoms with Crippen molar-refractivity contribution in [3.05, 3.63) is 29.3 Å². The average molecular weight is 318 g/mol. The highest BCUT2D eigenvalue weighted by atomic mass is 16.7. The molecule has 1 aromatic carbocycles. The van der Waals surface area contributed by atoms with Gasteiger partial charge in [-0.2, -0.15) is 5.26 Å². The van der Waals surface area contributed by atoms with Gasteiger partial charge in [-0.3, -0.25) is 0 Å². The van der Waals surface area contributed by atoms with E-state index in [1.54, 1.807) is 32.4 Å².